The summed E-state index contributed by atoms with van der Waals surface area (Å²) in [6.45, 7) is 1.16. The average Bonchev–Trinajstić information content (AvgIpc) is 3.10. The molecule has 1 amide bonds. The number of thiophene rings is 1. The Labute approximate surface area is 135 Å². The van der Waals surface area contributed by atoms with E-state index in [1.54, 1.807) is 17.0 Å². The number of halogens is 2. The van der Waals surface area contributed by atoms with E-state index in [9.17, 15) is 4.79 Å². The highest BCUT2D eigenvalue weighted by molar-refractivity contribution is 7.17. The van der Waals surface area contributed by atoms with Gasteiger partial charge in [-0.25, -0.2) is 9.97 Å². The Bertz CT molecular complexity index is 647. The third-order valence-electron chi connectivity index (χ3n) is 3.08. The van der Waals surface area contributed by atoms with Crippen molar-refractivity contribution in [2.24, 2.45) is 0 Å². The fourth-order valence-corrected chi connectivity index (χ4v) is 3.21. The van der Waals surface area contributed by atoms with Crippen LogP contribution < -0.4 is 4.74 Å². The van der Waals surface area contributed by atoms with Crippen LogP contribution in [0.25, 0.3) is 0 Å². The number of carbonyl (C=O) groups excluding carboxylic acids is 1. The van der Waals surface area contributed by atoms with E-state index in [4.69, 9.17) is 27.9 Å². The van der Waals surface area contributed by atoms with Crippen LogP contribution in [-0.4, -0.2) is 40.0 Å². The number of rotatable bonds is 3. The van der Waals surface area contributed by atoms with E-state index in [1.165, 1.54) is 23.7 Å². The lowest BCUT2D eigenvalue weighted by molar-refractivity contribution is 0.0774. The van der Waals surface area contributed by atoms with Gasteiger partial charge in [0.05, 0.1) is 33.2 Å². The zero-order chi connectivity index (χ0) is 14.8. The lowest BCUT2D eigenvalue weighted by atomic mass is 10.3. The summed E-state index contributed by atoms with van der Waals surface area (Å²) >= 11 is 12.9. The van der Waals surface area contributed by atoms with E-state index in [0.29, 0.717) is 27.3 Å². The standard InChI is InChI=1S/C13H11Cl2N3O2S/c14-8-5-16-13(17-6-8)20-9-3-4-18(7-9)12(19)10-1-2-11(15)21-10/h1-2,5-6,9H,3-4,7H2/t9-/m0/s1. The van der Waals surface area contributed by atoms with Crippen LogP contribution in [0.15, 0.2) is 24.5 Å². The fourth-order valence-electron chi connectivity index (χ4n) is 2.10. The van der Waals surface area contributed by atoms with E-state index in [-0.39, 0.29) is 18.0 Å². The van der Waals surface area contributed by atoms with Gasteiger partial charge >= 0.3 is 6.01 Å². The summed E-state index contributed by atoms with van der Waals surface area (Å²) in [6.07, 6.45) is 3.60. The summed E-state index contributed by atoms with van der Waals surface area (Å²) in [7, 11) is 0. The van der Waals surface area contributed by atoms with E-state index >= 15 is 0 Å². The third kappa shape index (κ3) is 3.45. The highest BCUT2D eigenvalue weighted by Crippen LogP contribution is 2.25. The molecule has 110 valence electrons. The number of amides is 1. The van der Waals surface area contributed by atoms with Gasteiger partial charge in [0.2, 0.25) is 0 Å². The van der Waals surface area contributed by atoms with Crippen LogP contribution >= 0.6 is 34.5 Å². The number of hydrogen-bond donors (Lipinski definition) is 0. The molecule has 1 atom stereocenters. The molecule has 0 saturated carbocycles. The van der Waals surface area contributed by atoms with Crippen LogP contribution in [0.1, 0.15) is 16.1 Å². The minimum Gasteiger partial charge on any atom is -0.458 e. The number of nitrogens with zero attached hydrogens (tertiary/aromatic N) is 3. The maximum atomic E-state index is 12.3. The average molecular weight is 344 g/mol. The molecule has 2 aromatic heterocycles. The number of hydrogen-bond acceptors (Lipinski definition) is 5. The Morgan fingerprint density at radius 3 is 2.76 bits per heavy atom. The van der Waals surface area contributed by atoms with Crippen LogP contribution in [-0.2, 0) is 0 Å². The van der Waals surface area contributed by atoms with Crippen LogP contribution in [0.2, 0.25) is 9.36 Å². The van der Waals surface area contributed by atoms with Gasteiger partial charge in [0.1, 0.15) is 6.10 Å². The molecule has 0 aromatic carbocycles. The Hall–Kier alpha value is -1.37. The maximum absolute atomic E-state index is 12.3. The highest BCUT2D eigenvalue weighted by atomic mass is 35.5. The number of likely N-dealkylation sites (tertiary alicyclic amines) is 1. The highest BCUT2D eigenvalue weighted by Gasteiger charge is 2.29. The normalized spacial score (nSPS) is 18.0. The van der Waals surface area contributed by atoms with Crippen molar-refractivity contribution in [1.29, 1.82) is 0 Å². The zero-order valence-corrected chi connectivity index (χ0v) is 13.2. The van der Waals surface area contributed by atoms with Crippen LogP contribution in [0.5, 0.6) is 6.01 Å². The molecule has 0 aliphatic carbocycles. The van der Waals surface area contributed by atoms with E-state index in [2.05, 4.69) is 9.97 Å². The monoisotopic (exact) mass is 343 g/mol. The molecule has 0 unspecified atom stereocenters. The Morgan fingerprint density at radius 1 is 1.33 bits per heavy atom. The summed E-state index contributed by atoms with van der Waals surface area (Å²) < 4.78 is 6.27. The van der Waals surface area contributed by atoms with Crippen molar-refractivity contribution in [3.8, 4) is 6.01 Å². The number of ether oxygens (including phenoxy) is 1. The first-order valence-corrected chi connectivity index (χ1v) is 7.88. The molecule has 3 heterocycles. The van der Waals surface area contributed by atoms with Gasteiger partial charge in [-0.15, -0.1) is 11.3 Å². The first-order chi connectivity index (χ1) is 10.1. The Balaban J connectivity index is 1.60. The molecule has 8 heteroatoms. The maximum Gasteiger partial charge on any atom is 0.316 e. The van der Waals surface area contributed by atoms with Crippen molar-refractivity contribution in [3.63, 3.8) is 0 Å². The smallest absolute Gasteiger partial charge is 0.316 e. The first-order valence-electron chi connectivity index (χ1n) is 6.30. The van der Waals surface area contributed by atoms with Gasteiger partial charge in [0.25, 0.3) is 5.91 Å². The van der Waals surface area contributed by atoms with Gasteiger partial charge in [-0.1, -0.05) is 23.2 Å². The summed E-state index contributed by atoms with van der Waals surface area (Å²) in [5.41, 5.74) is 0. The van der Waals surface area contributed by atoms with Gasteiger partial charge in [-0.2, -0.15) is 0 Å². The topological polar surface area (TPSA) is 55.3 Å². The molecule has 0 bridgehead atoms. The molecule has 3 rings (SSSR count). The van der Waals surface area contributed by atoms with E-state index < -0.39 is 0 Å². The SMILES string of the molecule is O=C(c1ccc(Cl)s1)N1CC[C@H](Oc2ncc(Cl)cn2)C1. The Kier molecular flexibility index (Phi) is 4.28. The van der Waals surface area contributed by atoms with Gasteiger partial charge < -0.3 is 9.64 Å². The molecule has 1 aliphatic heterocycles. The van der Waals surface area contributed by atoms with Crippen molar-refractivity contribution < 1.29 is 9.53 Å². The quantitative estimate of drug-likeness (QED) is 0.858. The van der Waals surface area contributed by atoms with E-state index in [1.807, 2.05) is 0 Å². The van der Waals surface area contributed by atoms with E-state index in [0.717, 1.165) is 6.42 Å². The molecule has 0 radical (unpaired) electrons. The van der Waals surface area contributed by atoms with Crippen molar-refractivity contribution in [1.82, 2.24) is 14.9 Å². The predicted octanol–water partition coefficient (Wildman–Crippen LogP) is 3.14. The fraction of sp³-hybridized carbons (Fsp3) is 0.308. The van der Waals surface area contributed by atoms with Crippen LogP contribution in [0.3, 0.4) is 0 Å². The van der Waals surface area contributed by atoms with Gasteiger partial charge in [-0.05, 0) is 12.1 Å². The lowest BCUT2D eigenvalue weighted by Gasteiger charge is -2.15. The minimum atomic E-state index is -0.106. The molecule has 1 fully saturated rings. The summed E-state index contributed by atoms with van der Waals surface area (Å²) in [6, 6.07) is 3.74. The van der Waals surface area contributed by atoms with Gasteiger partial charge in [0.15, 0.2) is 0 Å². The second-order valence-corrected chi connectivity index (χ2v) is 6.72. The molecule has 21 heavy (non-hydrogen) atoms. The summed E-state index contributed by atoms with van der Waals surface area (Å²) in [4.78, 5) is 22.6. The van der Waals surface area contributed by atoms with Crippen LogP contribution in [0, 0.1) is 0 Å². The molecule has 1 saturated heterocycles. The molecule has 0 spiro atoms. The summed E-state index contributed by atoms with van der Waals surface area (Å²) in [5, 5.41) is 0.458. The third-order valence-corrected chi connectivity index (χ3v) is 4.50. The molecule has 5 nitrogen and oxygen atoms in total. The number of aromatic nitrogens is 2. The molecular formula is C13H11Cl2N3O2S. The van der Waals surface area contributed by atoms with Gasteiger partial charge in [0, 0.05) is 13.0 Å². The second-order valence-electron chi connectivity index (χ2n) is 4.57. The molecule has 1 aliphatic rings. The largest absolute Gasteiger partial charge is 0.458 e. The molecule has 0 N–H and O–H groups in total. The Morgan fingerprint density at radius 2 is 2.10 bits per heavy atom. The lowest BCUT2D eigenvalue weighted by Crippen LogP contribution is -2.30. The molecule has 2 aromatic rings. The molecular weight excluding hydrogens is 333 g/mol. The minimum absolute atomic E-state index is 0.0185. The van der Waals surface area contributed by atoms with Gasteiger partial charge in [-0.3, -0.25) is 4.79 Å². The van der Waals surface area contributed by atoms with Crippen molar-refractivity contribution in [3.05, 3.63) is 38.8 Å². The van der Waals surface area contributed by atoms with Crippen LogP contribution in [0.4, 0.5) is 0 Å². The first kappa shape index (κ1) is 14.6. The van der Waals surface area contributed by atoms with Crippen molar-refractivity contribution in [2.75, 3.05) is 13.1 Å². The summed E-state index contributed by atoms with van der Waals surface area (Å²) in [5.74, 6) is -0.0185. The second kappa shape index (κ2) is 6.17. The predicted molar refractivity (Wildman–Crippen MR) is 81.3 cm³/mol. The van der Waals surface area contributed by atoms with Crippen molar-refractivity contribution >= 4 is 40.4 Å². The van der Waals surface area contributed by atoms with Crippen molar-refractivity contribution in [2.45, 2.75) is 12.5 Å². The number of carbonyl (C=O) groups is 1. The zero-order valence-electron chi connectivity index (χ0n) is 10.8.